The van der Waals surface area contributed by atoms with Gasteiger partial charge in [0.1, 0.15) is 18.1 Å². The van der Waals surface area contributed by atoms with Gasteiger partial charge in [-0.25, -0.2) is 0 Å². The zero-order valence-electron chi connectivity index (χ0n) is 15.4. The maximum Gasteiger partial charge on any atom is 0.258 e. The number of hydrogen-bond donors (Lipinski definition) is 1. The number of carbonyl (C=O) groups is 1. The third-order valence-electron chi connectivity index (χ3n) is 4.11. The van der Waals surface area contributed by atoms with Crippen LogP contribution in [-0.2, 0) is 4.79 Å². The van der Waals surface area contributed by atoms with Crippen LogP contribution in [0.25, 0.3) is 10.8 Å². The fraction of sp³-hybridized carbons (Fsp3) is 0.227. The maximum absolute atomic E-state index is 12.2. The number of carbonyl (C=O) groups excluding carboxylic acids is 1. The molecule has 0 unspecified atom stereocenters. The smallest absolute Gasteiger partial charge is 0.258 e. The minimum atomic E-state index is -0.185. The summed E-state index contributed by atoms with van der Waals surface area (Å²) in [5.41, 5.74) is 1.18. The Kier molecular flexibility index (Phi) is 6.35. The van der Waals surface area contributed by atoms with Crippen LogP contribution in [0.3, 0.4) is 0 Å². The molecule has 1 amide bonds. The predicted molar refractivity (Wildman–Crippen MR) is 111 cm³/mol. The van der Waals surface area contributed by atoms with Crippen molar-refractivity contribution in [3.63, 3.8) is 0 Å². The summed E-state index contributed by atoms with van der Waals surface area (Å²) < 4.78 is 12.2. The lowest BCUT2D eigenvalue weighted by molar-refractivity contribution is -0.123. The second-order valence-corrected chi connectivity index (χ2v) is 7.27. The third kappa shape index (κ3) is 5.23. The molecular weight excluding hydrogens is 406 g/mol. The molecule has 3 aromatic rings. The molecule has 140 valence electrons. The average Bonchev–Trinajstić information content (AvgIpc) is 2.67. The molecule has 0 bridgehead atoms. The van der Waals surface area contributed by atoms with E-state index in [1.807, 2.05) is 74.5 Å². The van der Waals surface area contributed by atoms with Crippen LogP contribution in [-0.4, -0.2) is 25.2 Å². The van der Waals surface area contributed by atoms with Crippen molar-refractivity contribution in [1.29, 1.82) is 0 Å². The van der Waals surface area contributed by atoms with Crippen LogP contribution in [0.15, 0.2) is 65.1 Å². The zero-order chi connectivity index (χ0) is 19.2. The van der Waals surface area contributed by atoms with Crippen LogP contribution in [0.5, 0.6) is 11.5 Å². The number of fused-ring (bicyclic) bond motifs is 1. The lowest BCUT2D eigenvalue weighted by Gasteiger charge is -2.16. The van der Waals surface area contributed by atoms with Crippen LogP contribution < -0.4 is 14.8 Å². The van der Waals surface area contributed by atoms with Gasteiger partial charge in [-0.15, -0.1) is 0 Å². The van der Waals surface area contributed by atoms with Crippen molar-refractivity contribution in [2.75, 3.05) is 13.2 Å². The van der Waals surface area contributed by atoms with Crippen LogP contribution in [0.4, 0.5) is 0 Å². The van der Waals surface area contributed by atoms with E-state index in [1.54, 1.807) is 0 Å². The highest BCUT2D eigenvalue weighted by molar-refractivity contribution is 9.10. The Hall–Kier alpha value is -2.53. The number of amides is 1. The molecule has 0 aromatic heterocycles. The number of nitrogens with one attached hydrogen (secondary N) is 1. The molecule has 0 spiro atoms. The minimum absolute atomic E-state index is 0.0498. The predicted octanol–water partition coefficient (Wildman–Crippen LogP) is 4.87. The molecule has 0 aliphatic heterocycles. The zero-order valence-corrected chi connectivity index (χ0v) is 17.0. The Bertz CT molecular complexity index is 924. The van der Waals surface area contributed by atoms with Gasteiger partial charge in [0.2, 0.25) is 0 Å². The average molecular weight is 428 g/mol. The summed E-state index contributed by atoms with van der Waals surface area (Å²) >= 11 is 3.56. The van der Waals surface area contributed by atoms with Crippen molar-refractivity contribution < 1.29 is 14.3 Å². The summed E-state index contributed by atoms with van der Waals surface area (Å²) in [4.78, 5) is 12.2. The van der Waals surface area contributed by atoms with E-state index >= 15 is 0 Å². The van der Waals surface area contributed by atoms with E-state index in [9.17, 15) is 4.79 Å². The Morgan fingerprint density at radius 1 is 1.04 bits per heavy atom. The number of ether oxygens (including phenoxy) is 2. The van der Waals surface area contributed by atoms with Gasteiger partial charge in [-0.05, 0) is 58.7 Å². The first-order valence-corrected chi connectivity index (χ1v) is 9.61. The number of rotatable bonds is 7. The molecule has 1 atom stereocenters. The molecule has 0 aliphatic carbocycles. The van der Waals surface area contributed by atoms with Gasteiger partial charge in [-0.3, -0.25) is 4.79 Å². The first-order valence-electron chi connectivity index (χ1n) is 8.82. The minimum Gasteiger partial charge on any atom is -0.491 e. The second-order valence-electron chi connectivity index (χ2n) is 6.48. The Morgan fingerprint density at radius 2 is 1.78 bits per heavy atom. The molecular formula is C22H22BrNO3. The Morgan fingerprint density at radius 3 is 2.56 bits per heavy atom. The Labute approximate surface area is 167 Å². The summed E-state index contributed by atoms with van der Waals surface area (Å²) in [6.07, 6.45) is 0. The fourth-order valence-corrected chi connectivity index (χ4v) is 3.29. The van der Waals surface area contributed by atoms with Gasteiger partial charge in [0.05, 0.1) is 10.5 Å². The van der Waals surface area contributed by atoms with E-state index in [-0.39, 0.29) is 18.6 Å². The molecule has 0 heterocycles. The lowest BCUT2D eigenvalue weighted by atomic mass is 10.1. The van der Waals surface area contributed by atoms with Crippen molar-refractivity contribution in [3.05, 3.63) is 70.7 Å². The van der Waals surface area contributed by atoms with Crippen molar-refractivity contribution in [3.8, 4) is 11.5 Å². The highest BCUT2D eigenvalue weighted by Crippen LogP contribution is 2.32. The molecule has 3 rings (SSSR count). The Balaban J connectivity index is 1.49. The number of hydrogen-bond acceptors (Lipinski definition) is 3. The van der Waals surface area contributed by atoms with Gasteiger partial charge in [-0.1, -0.05) is 48.0 Å². The van der Waals surface area contributed by atoms with E-state index in [0.717, 1.165) is 21.0 Å². The first-order chi connectivity index (χ1) is 13.0. The van der Waals surface area contributed by atoms with E-state index in [4.69, 9.17) is 9.47 Å². The SMILES string of the molecule is Cc1ccc(OC[C@H](C)NC(=O)COc2ccc3ccccc3c2Br)cc1. The molecule has 1 N–H and O–H groups in total. The standard InChI is InChI=1S/C22H22BrNO3/c1-15-7-10-18(11-8-15)26-13-16(2)24-21(25)14-27-20-12-9-17-5-3-4-6-19(17)22(20)23/h3-12,16H,13-14H2,1-2H3,(H,24,25)/t16-/m0/s1. The fourth-order valence-electron chi connectivity index (χ4n) is 2.68. The van der Waals surface area contributed by atoms with Gasteiger partial charge >= 0.3 is 0 Å². The summed E-state index contributed by atoms with van der Waals surface area (Å²) in [5, 5.41) is 5.05. The highest BCUT2D eigenvalue weighted by Gasteiger charge is 2.11. The molecule has 0 saturated carbocycles. The maximum atomic E-state index is 12.2. The molecule has 0 saturated heterocycles. The van der Waals surface area contributed by atoms with Crippen LogP contribution >= 0.6 is 15.9 Å². The topological polar surface area (TPSA) is 47.6 Å². The quantitative estimate of drug-likeness (QED) is 0.584. The summed E-state index contributed by atoms with van der Waals surface area (Å²) in [5.74, 6) is 1.25. The van der Waals surface area contributed by atoms with E-state index < -0.39 is 0 Å². The normalized spacial score (nSPS) is 11.8. The van der Waals surface area contributed by atoms with Gasteiger partial charge in [0, 0.05) is 0 Å². The van der Waals surface area contributed by atoms with Crippen molar-refractivity contribution in [2.24, 2.45) is 0 Å². The lowest BCUT2D eigenvalue weighted by Crippen LogP contribution is -2.39. The van der Waals surface area contributed by atoms with Crippen molar-refractivity contribution in [2.45, 2.75) is 19.9 Å². The van der Waals surface area contributed by atoms with E-state index in [0.29, 0.717) is 12.4 Å². The van der Waals surface area contributed by atoms with Gasteiger partial charge in [-0.2, -0.15) is 0 Å². The third-order valence-corrected chi connectivity index (χ3v) is 4.93. The highest BCUT2D eigenvalue weighted by atomic mass is 79.9. The van der Waals surface area contributed by atoms with Gasteiger partial charge in [0.25, 0.3) is 5.91 Å². The number of benzene rings is 3. The van der Waals surface area contributed by atoms with Crippen molar-refractivity contribution >= 4 is 32.6 Å². The molecule has 27 heavy (non-hydrogen) atoms. The van der Waals surface area contributed by atoms with E-state index in [1.165, 1.54) is 5.56 Å². The van der Waals surface area contributed by atoms with E-state index in [2.05, 4.69) is 21.2 Å². The van der Waals surface area contributed by atoms with Gasteiger partial charge < -0.3 is 14.8 Å². The molecule has 0 fully saturated rings. The van der Waals surface area contributed by atoms with Crippen LogP contribution in [0.2, 0.25) is 0 Å². The number of aryl methyl sites for hydroxylation is 1. The summed E-state index contributed by atoms with van der Waals surface area (Å²) in [7, 11) is 0. The molecule has 0 radical (unpaired) electrons. The number of halogens is 1. The van der Waals surface area contributed by atoms with Crippen LogP contribution in [0, 0.1) is 6.92 Å². The first kappa shape index (κ1) is 19.2. The second kappa shape index (κ2) is 8.91. The van der Waals surface area contributed by atoms with Gasteiger partial charge in [0.15, 0.2) is 6.61 Å². The monoisotopic (exact) mass is 427 g/mol. The largest absolute Gasteiger partial charge is 0.491 e. The molecule has 3 aromatic carbocycles. The molecule has 4 nitrogen and oxygen atoms in total. The molecule has 0 aliphatic rings. The van der Waals surface area contributed by atoms with Crippen molar-refractivity contribution in [1.82, 2.24) is 5.32 Å². The summed E-state index contributed by atoms with van der Waals surface area (Å²) in [6.45, 7) is 4.28. The molecule has 5 heteroatoms. The van der Waals surface area contributed by atoms with Crippen LogP contribution in [0.1, 0.15) is 12.5 Å². The summed E-state index contributed by atoms with van der Waals surface area (Å²) in [6, 6.07) is 19.6.